The Morgan fingerprint density at radius 2 is 1.55 bits per heavy atom. The number of carboxylic acid groups (broad SMARTS) is 1. The SMILES string of the molecule is CC(=O)O.Cc1ccc(-c2ccccc2N)c(N)c1C. The van der Waals surface area contributed by atoms with Gasteiger partial charge in [-0.2, -0.15) is 0 Å². The van der Waals surface area contributed by atoms with Crippen molar-refractivity contribution in [2.24, 2.45) is 0 Å². The Morgan fingerprint density at radius 3 is 2.10 bits per heavy atom. The fourth-order valence-electron chi connectivity index (χ4n) is 1.81. The van der Waals surface area contributed by atoms with E-state index in [2.05, 4.69) is 13.0 Å². The minimum absolute atomic E-state index is 0.762. The number of benzene rings is 2. The maximum Gasteiger partial charge on any atom is 0.300 e. The van der Waals surface area contributed by atoms with Gasteiger partial charge in [0.25, 0.3) is 5.97 Å². The number of aliphatic carboxylic acids is 1. The molecule has 2 rings (SSSR count). The van der Waals surface area contributed by atoms with Crippen LogP contribution in [-0.2, 0) is 4.79 Å². The minimum atomic E-state index is -0.833. The zero-order valence-electron chi connectivity index (χ0n) is 12.0. The van der Waals surface area contributed by atoms with E-state index in [0.29, 0.717) is 0 Å². The van der Waals surface area contributed by atoms with E-state index in [1.165, 1.54) is 5.56 Å². The maximum atomic E-state index is 9.00. The Kier molecular flexibility index (Phi) is 5.15. The zero-order valence-corrected chi connectivity index (χ0v) is 12.0. The van der Waals surface area contributed by atoms with Crippen molar-refractivity contribution in [2.45, 2.75) is 20.8 Å². The number of nitrogen functional groups attached to an aromatic ring is 2. The van der Waals surface area contributed by atoms with Gasteiger partial charge < -0.3 is 16.6 Å². The van der Waals surface area contributed by atoms with E-state index < -0.39 is 5.97 Å². The first kappa shape index (κ1) is 15.6. The molecule has 2 aromatic rings. The predicted molar refractivity (Wildman–Crippen MR) is 83.5 cm³/mol. The largest absolute Gasteiger partial charge is 0.481 e. The number of rotatable bonds is 1. The summed E-state index contributed by atoms with van der Waals surface area (Å²) < 4.78 is 0. The molecule has 0 aliphatic heterocycles. The van der Waals surface area contributed by atoms with Crippen molar-refractivity contribution < 1.29 is 9.90 Å². The summed E-state index contributed by atoms with van der Waals surface area (Å²) in [5.74, 6) is -0.833. The highest BCUT2D eigenvalue weighted by molar-refractivity contribution is 5.85. The maximum absolute atomic E-state index is 9.00. The summed E-state index contributed by atoms with van der Waals surface area (Å²) in [5, 5.41) is 7.42. The van der Waals surface area contributed by atoms with Crippen LogP contribution in [0.1, 0.15) is 18.1 Å². The molecule has 4 heteroatoms. The Balaban J connectivity index is 0.000000444. The first-order chi connectivity index (χ1) is 9.34. The molecule has 0 saturated carbocycles. The number of aryl methyl sites for hydroxylation is 1. The molecular formula is C16H20N2O2. The standard InChI is InChI=1S/C14H16N2.C2H4O2/c1-9-7-8-12(14(16)10(9)2)11-5-3-4-6-13(11)15;1-2(3)4/h3-8H,15-16H2,1-2H3;1H3,(H,3,4). The van der Waals surface area contributed by atoms with Crippen LogP contribution in [0.5, 0.6) is 0 Å². The lowest BCUT2D eigenvalue weighted by Gasteiger charge is -2.12. The Bertz CT molecular complexity index is 618. The van der Waals surface area contributed by atoms with Gasteiger partial charge in [-0.1, -0.05) is 30.3 Å². The monoisotopic (exact) mass is 272 g/mol. The number of carbonyl (C=O) groups is 1. The van der Waals surface area contributed by atoms with Crippen LogP contribution in [-0.4, -0.2) is 11.1 Å². The van der Waals surface area contributed by atoms with Crippen LogP contribution in [0.25, 0.3) is 11.1 Å². The van der Waals surface area contributed by atoms with Crippen LogP contribution in [0, 0.1) is 13.8 Å². The van der Waals surface area contributed by atoms with Gasteiger partial charge in [0.1, 0.15) is 0 Å². The van der Waals surface area contributed by atoms with Gasteiger partial charge >= 0.3 is 0 Å². The van der Waals surface area contributed by atoms with Gasteiger partial charge in [-0.05, 0) is 31.0 Å². The zero-order chi connectivity index (χ0) is 15.3. The minimum Gasteiger partial charge on any atom is -0.481 e. The predicted octanol–water partition coefficient (Wildman–Crippen LogP) is 3.23. The first-order valence-electron chi connectivity index (χ1n) is 6.24. The van der Waals surface area contributed by atoms with Crippen molar-refractivity contribution in [3.05, 3.63) is 47.5 Å². The van der Waals surface area contributed by atoms with Crippen LogP contribution in [0.3, 0.4) is 0 Å². The van der Waals surface area contributed by atoms with Crippen LogP contribution >= 0.6 is 0 Å². The van der Waals surface area contributed by atoms with E-state index in [1.807, 2.05) is 37.3 Å². The summed E-state index contributed by atoms with van der Waals surface area (Å²) in [6.45, 7) is 5.18. The Labute approximate surface area is 119 Å². The summed E-state index contributed by atoms with van der Waals surface area (Å²) in [4.78, 5) is 9.00. The molecule has 2 aromatic carbocycles. The molecular weight excluding hydrogens is 252 g/mol. The molecule has 0 unspecified atom stereocenters. The highest BCUT2D eigenvalue weighted by Gasteiger charge is 2.08. The molecule has 0 heterocycles. The second-order valence-electron chi connectivity index (χ2n) is 4.57. The summed E-state index contributed by atoms with van der Waals surface area (Å²) in [6.07, 6.45) is 0. The first-order valence-corrected chi connectivity index (χ1v) is 6.24. The molecule has 0 saturated heterocycles. The van der Waals surface area contributed by atoms with Crippen molar-refractivity contribution >= 4 is 17.3 Å². The molecule has 0 bridgehead atoms. The Morgan fingerprint density at radius 1 is 1.00 bits per heavy atom. The topological polar surface area (TPSA) is 89.3 Å². The molecule has 0 aromatic heterocycles. The third-order valence-electron chi connectivity index (χ3n) is 3.04. The van der Waals surface area contributed by atoms with Gasteiger partial charge in [-0.25, -0.2) is 0 Å². The van der Waals surface area contributed by atoms with E-state index in [-0.39, 0.29) is 0 Å². The lowest BCUT2D eigenvalue weighted by atomic mass is 9.97. The second kappa shape index (κ2) is 6.61. The highest BCUT2D eigenvalue weighted by atomic mass is 16.4. The smallest absolute Gasteiger partial charge is 0.300 e. The van der Waals surface area contributed by atoms with Gasteiger partial charge in [-0.3, -0.25) is 4.79 Å². The summed E-state index contributed by atoms with van der Waals surface area (Å²) in [7, 11) is 0. The van der Waals surface area contributed by atoms with Gasteiger partial charge in [0.2, 0.25) is 0 Å². The number of hydrogen-bond acceptors (Lipinski definition) is 3. The van der Waals surface area contributed by atoms with Gasteiger partial charge in [0.05, 0.1) is 0 Å². The lowest BCUT2D eigenvalue weighted by Crippen LogP contribution is -1.98. The van der Waals surface area contributed by atoms with Crippen LogP contribution in [0.4, 0.5) is 11.4 Å². The van der Waals surface area contributed by atoms with Crippen LogP contribution in [0.15, 0.2) is 36.4 Å². The Hall–Kier alpha value is -2.49. The van der Waals surface area contributed by atoms with E-state index in [9.17, 15) is 0 Å². The molecule has 0 fully saturated rings. The number of anilines is 2. The van der Waals surface area contributed by atoms with Gasteiger partial charge in [0, 0.05) is 29.4 Å². The quantitative estimate of drug-likeness (QED) is 0.695. The number of para-hydroxylation sites is 1. The van der Waals surface area contributed by atoms with Crippen LogP contribution < -0.4 is 11.5 Å². The molecule has 0 aliphatic rings. The summed E-state index contributed by atoms with van der Waals surface area (Å²) in [5.41, 5.74) is 18.0. The molecule has 20 heavy (non-hydrogen) atoms. The van der Waals surface area contributed by atoms with E-state index >= 15 is 0 Å². The van der Waals surface area contributed by atoms with Crippen molar-refractivity contribution in [1.82, 2.24) is 0 Å². The van der Waals surface area contributed by atoms with Crippen molar-refractivity contribution in [2.75, 3.05) is 11.5 Å². The summed E-state index contributed by atoms with van der Waals surface area (Å²) >= 11 is 0. The molecule has 5 N–H and O–H groups in total. The van der Waals surface area contributed by atoms with Gasteiger partial charge in [0.15, 0.2) is 0 Å². The number of hydrogen-bond donors (Lipinski definition) is 3. The second-order valence-corrected chi connectivity index (χ2v) is 4.57. The molecule has 106 valence electrons. The average molecular weight is 272 g/mol. The number of nitrogens with two attached hydrogens (primary N) is 2. The van der Waals surface area contributed by atoms with Gasteiger partial charge in [-0.15, -0.1) is 0 Å². The summed E-state index contributed by atoms with van der Waals surface area (Å²) in [6, 6.07) is 11.9. The van der Waals surface area contributed by atoms with Crippen molar-refractivity contribution in [3.8, 4) is 11.1 Å². The van der Waals surface area contributed by atoms with Crippen LogP contribution in [0.2, 0.25) is 0 Å². The van der Waals surface area contributed by atoms with E-state index in [4.69, 9.17) is 21.4 Å². The molecule has 0 atom stereocenters. The molecule has 0 amide bonds. The number of carboxylic acids is 1. The molecule has 4 nitrogen and oxygen atoms in total. The normalized spacial score (nSPS) is 9.55. The third-order valence-corrected chi connectivity index (χ3v) is 3.04. The fraction of sp³-hybridized carbons (Fsp3) is 0.188. The molecule has 0 aliphatic carbocycles. The fourth-order valence-corrected chi connectivity index (χ4v) is 1.81. The van der Waals surface area contributed by atoms with E-state index in [1.54, 1.807) is 0 Å². The third kappa shape index (κ3) is 3.75. The van der Waals surface area contributed by atoms with Crippen molar-refractivity contribution in [3.63, 3.8) is 0 Å². The molecule has 0 radical (unpaired) electrons. The lowest BCUT2D eigenvalue weighted by molar-refractivity contribution is -0.134. The average Bonchev–Trinajstić information content (AvgIpc) is 2.37. The molecule has 0 spiro atoms. The highest BCUT2D eigenvalue weighted by Crippen LogP contribution is 2.33. The van der Waals surface area contributed by atoms with E-state index in [0.717, 1.165) is 35.0 Å². The van der Waals surface area contributed by atoms with Crippen molar-refractivity contribution in [1.29, 1.82) is 0 Å².